The fourth-order valence-corrected chi connectivity index (χ4v) is 11.9. The molecule has 15 rings (SSSR count). The second-order valence-corrected chi connectivity index (χ2v) is 23.0. The van der Waals surface area contributed by atoms with Gasteiger partial charge in [-0.3, -0.25) is 4.57 Å². The van der Waals surface area contributed by atoms with E-state index in [0.29, 0.717) is 34.1 Å². The maximum Gasteiger partial charge on any atom is 0.268 e. The Hall–Kier alpha value is -9.09. The van der Waals surface area contributed by atoms with E-state index in [2.05, 4.69) is 60.5 Å². The zero-order chi connectivity index (χ0) is 67.7. The van der Waals surface area contributed by atoms with Crippen LogP contribution in [-0.2, 0) is 31.9 Å². The van der Waals surface area contributed by atoms with Gasteiger partial charge in [0.2, 0.25) is 0 Å². The van der Waals surface area contributed by atoms with Crippen molar-refractivity contribution in [1.82, 2.24) is 18.7 Å². The molecule has 0 saturated carbocycles. The number of nitrogens with zero attached hydrogens (tertiary/aromatic N) is 5. The van der Waals surface area contributed by atoms with E-state index in [1.54, 1.807) is 33.4 Å². The number of imidazole rings is 1. The number of ether oxygens (including phenoxy) is 1. The van der Waals surface area contributed by atoms with Crippen molar-refractivity contribution >= 4 is 54.6 Å². The average Bonchev–Trinajstić information content (AvgIpc) is 1.60. The summed E-state index contributed by atoms with van der Waals surface area (Å²) in [4.78, 5) is 4.87. The van der Waals surface area contributed by atoms with Crippen LogP contribution < -0.4 is 9.30 Å². The number of rotatable bonds is 6. The first-order valence-electron chi connectivity index (χ1n) is 34.2. The summed E-state index contributed by atoms with van der Waals surface area (Å²) in [5, 5.41) is 3.71. The van der Waals surface area contributed by atoms with Crippen molar-refractivity contribution in [3.63, 3.8) is 0 Å². The average molecular weight is 1270 g/mol. The predicted molar refractivity (Wildman–Crippen MR) is 336 cm³/mol. The van der Waals surface area contributed by atoms with E-state index in [1.165, 1.54) is 24.3 Å². The molecule has 7 heteroatoms. The zero-order valence-electron chi connectivity index (χ0n) is 60.0. The van der Waals surface area contributed by atoms with Gasteiger partial charge >= 0.3 is 0 Å². The molecule has 0 bridgehead atoms. The van der Waals surface area contributed by atoms with E-state index in [9.17, 15) is 11.0 Å². The number of aryl methyl sites for hydroxylation is 2. The molecule has 4 aromatic heterocycles. The van der Waals surface area contributed by atoms with Gasteiger partial charge in [0.05, 0.1) is 44.4 Å². The molecule has 0 N–H and O–H groups in total. The van der Waals surface area contributed by atoms with Crippen molar-refractivity contribution in [3.8, 4) is 78.9 Å². The van der Waals surface area contributed by atoms with Crippen LogP contribution in [0.25, 0.3) is 122 Å². The Balaban J connectivity index is 0.00000807. The zero-order valence-corrected chi connectivity index (χ0v) is 48.3. The molecule has 0 aliphatic carbocycles. The Morgan fingerprint density at radius 2 is 1.10 bits per heavy atom. The van der Waals surface area contributed by atoms with Crippen LogP contribution in [-0.4, -0.2) is 18.7 Å². The molecule has 0 radical (unpaired) electrons. The minimum Gasteiger partial charge on any atom is -0.510 e. The van der Waals surface area contributed by atoms with Gasteiger partial charge in [0.15, 0.2) is 0 Å². The third kappa shape index (κ3) is 8.40. The van der Waals surface area contributed by atoms with Crippen LogP contribution in [0.3, 0.4) is 0 Å². The Kier molecular flexibility index (Phi) is 9.08. The first-order chi connectivity index (χ1) is 45.5. The van der Waals surface area contributed by atoms with Gasteiger partial charge in [0.25, 0.3) is 6.33 Å². The Bertz CT molecular complexity index is 5610. The normalized spacial score (nSPS) is 15.0. The van der Waals surface area contributed by atoms with Crippen LogP contribution in [0.5, 0.6) is 11.5 Å². The third-order valence-corrected chi connectivity index (χ3v) is 15.9. The molecule has 0 spiro atoms. The van der Waals surface area contributed by atoms with Crippen LogP contribution in [0.2, 0.25) is 0 Å². The molecule has 0 saturated heterocycles. The number of aromatic nitrogens is 5. The molecule has 0 fully saturated rings. The molecule has 406 valence electrons. The molecular weight excluding hydrogens is 1190 g/mol. The molecule has 0 amide bonds. The van der Waals surface area contributed by atoms with E-state index >= 15 is 0 Å². The third-order valence-electron chi connectivity index (χ3n) is 15.9. The molecule has 0 atom stereocenters. The van der Waals surface area contributed by atoms with E-state index in [4.69, 9.17) is 17.9 Å². The molecule has 5 heterocycles. The molecule has 1 aliphatic heterocycles. The smallest absolute Gasteiger partial charge is 0.268 e. The van der Waals surface area contributed by atoms with Gasteiger partial charge in [-0.1, -0.05) is 180 Å². The van der Waals surface area contributed by atoms with Gasteiger partial charge in [-0.05, 0) is 145 Å². The number of fused-ring (bicyclic) bond motifs is 13. The number of pyridine rings is 1. The molecular formula is C76H59N5OPt-2. The molecule has 6 nitrogen and oxygen atoms in total. The summed E-state index contributed by atoms with van der Waals surface area (Å²) in [6, 6.07) is 50.3. The quantitative estimate of drug-likeness (QED) is 0.123. The monoisotopic (exact) mass is 1270 g/mol. The van der Waals surface area contributed by atoms with Gasteiger partial charge in [0, 0.05) is 63.3 Å². The molecule has 14 aromatic rings. The molecule has 83 heavy (non-hydrogen) atoms. The van der Waals surface area contributed by atoms with Crippen LogP contribution >= 0.6 is 0 Å². The topological polar surface area (TPSA) is 40.8 Å². The largest absolute Gasteiger partial charge is 0.510 e. The number of para-hydroxylation sites is 3. The van der Waals surface area contributed by atoms with Gasteiger partial charge in [-0.25, -0.2) is 4.98 Å². The number of hydrogen-bond acceptors (Lipinski definition) is 2. The van der Waals surface area contributed by atoms with Crippen molar-refractivity contribution in [2.45, 2.75) is 66.1 Å². The second-order valence-electron chi connectivity index (χ2n) is 23.0. The first kappa shape index (κ1) is 38.6. The minimum atomic E-state index is -2.91. The summed E-state index contributed by atoms with van der Waals surface area (Å²) < 4.78 is 146. The van der Waals surface area contributed by atoms with Gasteiger partial charge in [-0.2, -0.15) is 18.2 Å². The fourth-order valence-electron chi connectivity index (χ4n) is 11.9. The van der Waals surface area contributed by atoms with E-state index in [1.807, 2.05) is 124 Å². The Morgan fingerprint density at radius 1 is 0.518 bits per heavy atom. The molecule has 10 aromatic carbocycles. The van der Waals surface area contributed by atoms with E-state index in [0.717, 1.165) is 49.2 Å². The number of benzene rings is 10. The predicted octanol–water partition coefficient (Wildman–Crippen LogP) is 18.9. The van der Waals surface area contributed by atoms with Crippen molar-refractivity contribution in [1.29, 1.82) is 0 Å². The standard InChI is InChI=1S/C76H59N5O.Pt/c1-47-21-19-22-48(2)72(47)49-39-63-57-27-11-9-25-55(57)56-26-10-12-28-58(56)64-41-51(76(6,7)8)42-70(80-65-32-16-13-29-59(65)60-30-14-17-33-66(60)80)74(64)79-46-78(69(40-49)73(63)79)52-23-20-24-53(44-52)82-54-35-36-62-61-31-15-18-34-67(61)81(68(62)45-54)71-43-50(37-38-77-71)75(3,4)5;/h9-43H,1-8H3;/q-2;/i1D3,2D3,9D,10D,11D,12D,25D,26D,27D,28D;. The Labute approximate surface area is 518 Å². The second kappa shape index (κ2) is 19.5. The summed E-state index contributed by atoms with van der Waals surface area (Å²) in [7, 11) is 0. The summed E-state index contributed by atoms with van der Waals surface area (Å²) in [6.45, 7) is 6.74. The van der Waals surface area contributed by atoms with Gasteiger partial charge in [0.1, 0.15) is 5.82 Å². The summed E-state index contributed by atoms with van der Waals surface area (Å²) in [6.07, 6.45) is 5.50. The first-order valence-corrected chi connectivity index (χ1v) is 27.2. The van der Waals surface area contributed by atoms with E-state index < -0.39 is 67.5 Å². The SMILES string of the molecule is [2H]c1c([2H])c([2H])c2c(c1[2H])-c1cc(C(C)(C)C)cc(-n3c4ccccc4c4ccccc43)c1-[n+]1[c-]n(-c3[c-]c(Oc4[c-]c5c(cc4)c4ccccc4n5-c4cc(C(C)(C)C)ccn4)ccc3)c3cc(-c4c(C([2H])([2H])[2H])cccc4C([2H])([2H])[2H])cc(c31)-c1c([2H])c([2H])c([2H])c([2H])c1-2.[Pt]. The maximum absolute atomic E-state index is 10.2. The van der Waals surface area contributed by atoms with Crippen molar-refractivity contribution in [2.24, 2.45) is 0 Å². The van der Waals surface area contributed by atoms with Crippen molar-refractivity contribution < 1.29 is 49.6 Å². The van der Waals surface area contributed by atoms with Crippen LogP contribution in [0.15, 0.2) is 212 Å². The Morgan fingerprint density at radius 3 is 1.73 bits per heavy atom. The molecule has 1 aliphatic rings. The summed E-state index contributed by atoms with van der Waals surface area (Å²) >= 11 is 0. The van der Waals surface area contributed by atoms with Crippen LogP contribution in [0.4, 0.5) is 0 Å². The van der Waals surface area contributed by atoms with E-state index in [-0.39, 0.29) is 98.9 Å². The summed E-state index contributed by atoms with van der Waals surface area (Å²) in [5.74, 6) is 1.26. The van der Waals surface area contributed by atoms with Crippen molar-refractivity contribution in [3.05, 3.63) is 253 Å². The molecule has 0 unspecified atom stereocenters. The fraction of sp³-hybridized carbons (Fsp3) is 0.132. The number of hydrogen-bond donors (Lipinski definition) is 0. The summed E-state index contributed by atoms with van der Waals surface area (Å²) in [5.41, 5.74) is 4.41. The van der Waals surface area contributed by atoms with Crippen molar-refractivity contribution in [2.75, 3.05) is 0 Å². The van der Waals surface area contributed by atoms with Crippen LogP contribution in [0.1, 0.15) is 83.0 Å². The van der Waals surface area contributed by atoms with Gasteiger partial charge < -0.3 is 18.4 Å². The minimum absolute atomic E-state index is 0. The van der Waals surface area contributed by atoms with Gasteiger partial charge in [-0.15, -0.1) is 29.7 Å². The van der Waals surface area contributed by atoms with Crippen LogP contribution in [0, 0.1) is 32.2 Å². The maximum atomic E-state index is 10.2.